The fraction of sp³-hybridized carbons (Fsp3) is 0.310. The van der Waals surface area contributed by atoms with Crippen LogP contribution in [0.5, 0.6) is 5.75 Å². The van der Waals surface area contributed by atoms with Crippen LogP contribution in [0.3, 0.4) is 0 Å². The molecule has 0 aliphatic rings. The standard InChI is InChI=1S/C29H35N3O5S/c1-6-25(29(34)30-4)31(19-23-10-8-7-9-11-23)28(33)20-32(26-18-22(3)14-17-27(26)37-5)38(35,36)24-15-12-21(2)13-16-24/h7-18,25H,6,19-20H2,1-5H3,(H,30,34). The molecule has 0 radical (unpaired) electrons. The molecule has 8 nitrogen and oxygen atoms in total. The summed E-state index contributed by atoms with van der Waals surface area (Å²) in [5.41, 5.74) is 2.78. The second-order valence-corrected chi connectivity index (χ2v) is 10.9. The molecule has 1 atom stereocenters. The first kappa shape index (κ1) is 28.7. The van der Waals surface area contributed by atoms with E-state index in [1.54, 1.807) is 30.3 Å². The normalized spacial score (nSPS) is 11.9. The number of anilines is 1. The maximum absolute atomic E-state index is 14.0. The molecule has 1 N–H and O–H groups in total. The number of ether oxygens (including phenoxy) is 1. The minimum Gasteiger partial charge on any atom is -0.495 e. The van der Waals surface area contributed by atoms with E-state index >= 15 is 0 Å². The van der Waals surface area contributed by atoms with Gasteiger partial charge in [-0.2, -0.15) is 0 Å². The lowest BCUT2D eigenvalue weighted by Gasteiger charge is -2.33. The lowest BCUT2D eigenvalue weighted by atomic mass is 10.1. The van der Waals surface area contributed by atoms with Crippen molar-refractivity contribution < 1.29 is 22.7 Å². The molecule has 0 fully saturated rings. The number of aryl methyl sites for hydroxylation is 2. The number of carbonyl (C=O) groups is 2. The van der Waals surface area contributed by atoms with Crippen LogP contribution in [-0.2, 0) is 26.2 Å². The molecule has 9 heteroatoms. The van der Waals surface area contributed by atoms with Crippen molar-refractivity contribution >= 4 is 27.5 Å². The third-order valence-corrected chi connectivity index (χ3v) is 8.09. The number of methoxy groups -OCH3 is 1. The molecule has 1 unspecified atom stereocenters. The summed E-state index contributed by atoms with van der Waals surface area (Å²) in [6.45, 7) is 5.15. The predicted octanol–water partition coefficient (Wildman–Crippen LogP) is 4.06. The quantitative estimate of drug-likeness (QED) is 0.398. The first-order chi connectivity index (χ1) is 18.1. The van der Waals surface area contributed by atoms with Gasteiger partial charge in [0.2, 0.25) is 11.8 Å². The number of likely N-dealkylation sites (N-methyl/N-ethyl adjacent to an activating group) is 1. The third kappa shape index (κ3) is 6.52. The van der Waals surface area contributed by atoms with E-state index in [-0.39, 0.29) is 23.0 Å². The molecule has 0 saturated carbocycles. The smallest absolute Gasteiger partial charge is 0.264 e. The lowest BCUT2D eigenvalue weighted by molar-refractivity contribution is -0.140. The largest absolute Gasteiger partial charge is 0.495 e. The van der Waals surface area contributed by atoms with Crippen LogP contribution in [0.1, 0.15) is 30.0 Å². The van der Waals surface area contributed by atoms with Crippen LogP contribution < -0.4 is 14.4 Å². The van der Waals surface area contributed by atoms with Gasteiger partial charge in [-0.05, 0) is 55.7 Å². The Labute approximate surface area is 225 Å². The van der Waals surface area contributed by atoms with Crippen LogP contribution in [0.15, 0.2) is 77.7 Å². The van der Waals surface area contributed by atoms with Gasteiger partial charge in [-0.15, -0.1) is 0 Å². The van der Waals surface area contributed by atoms with Gasteiger partial charge in [0.15, 0.2) is 0 Å². The van der Waals surface area contributed by atoms with Gasteiger partial charge in [0.1, 0.15) is 18.3 Å². The van der Waals surface area contributed by atoms with Crippen LogP contribution in [0.2, 0.25) is 0 Å². The van der Waals surface area contributed by atoms with Crippen LogP contribution >= 0.6 is 0 Å². The number of nitrogens with zero attached hydrogens (tertiary/aromatic N) is 2. The predicted molar refractivity (Wildman–Crippen MR) is 149 cm³/mol. The number of rotatable bonds is 11. The number of amides is 2. The SMILES string of the molecule is CCC(C(=O)NC)N(Cc1ccccc1)C(=O)CN(c1cc(C)ccc1OC)S(=O)(=O)c1ccc(C)cc1. The summed E-state index contributed by atoms with van der Waals surface area (Å²) in [6.07, 6.45) is 0.358. The van der Waals surface area contributed by atoms with Gasteiger partial charge in [-0.1, -0.05) is 61.0 Å². The van der Waals surface area contributed by atoms with Gasteiger partial charge in [0.25, 0.3) is 10.0 Å². The molecule has 0 aliphatic carbocycles. The van der Waals surface area contributed by atoms with Gasteiger partial charge in [-0.25, -0.2) is 8.42 Å². The molecule has 0 bridgehead atoms. The van der Waals surface area contributed by atoms with Crippen LogP contribution in [0, 0.1) is 13.8 Å². The molecule has 0 spiro atoms. The number of nitrogens with one attached hydrogen (secondary N) is 1. The van der Waals surface area contributed by atoms with Gasteiger partial charge < -0.3 is 15.0 Å². The van der Waals surface area contributed by atoms with Crippen molar-refractivity contribution in [2.45, 2.75) is 44.7 Å². The molecule has 3 aromatic carbocycles. The molecule has 2 amide bonds. The first-order valence-electron chi connectivity index (χ1n) is 12.4. The van der Waals surface area contributed by atoms with E-state index in [2.05, 4.69) is 5.32 Å². The molecule has 202 valence electrons. The Bertz CT molecular complexity index is 1360. The van der Waals surface area contributed by atoms with Gasteiger partial charge in [0, 0.05) is 13.6 Å². The van der Waals surface area contributed by atoms with Crippen molar-refractivity contribution in [3.05, 3.63) is 89.5 Å². The van der Waals surface area contributed by atoms with Crippen LogP contribution in [0.25, 0.3) is 0 Å². The Morgan fingerprint density at radius 2 is 1.58 bits per heavy atom. The fourth-order valence-corrected chi connectivity index (χ4v) is 5.63. The highest BCUT2D eigenvalue weighted by molar-refractivity contribution is 7.92. The molecule has 0 saturated heterocycles. The zero-order chi connectivity index (χ0) is 27.9. The minimum absolute atomic E-state index is 0.0485. The van der Waals surface area contributed by atoms with E-state index in [0.29, 0.717) is 12.2 Å². The molecule has 3 rings (SSSR count). The van der Waals surface area contributed by atoms with E-state index in [0.717, 1.165) is 21.0 Å². The summed E-state index contributed by atoms with van der Waals surface area (Å²) in [5, 5.41) is 2.62. The van der Waals surface area contributed by atoms with Gasteiger partial charge >= 0.3 is 0 Å². The monoisotopic (exact) mass is 537 g/mol. The summed E-state index contributed by atoms with van der Waals surface area (Å²) in [5.74, 6) is -0.520. The molecule has 38 heavy (non-hydrogen) atoms. The van der Waals surface area contributed by atoms with E-state index in [1.165, 1.54) is 31.2 Å². The van der Waals surface area contributed by atoms with E-state index in [9.17, 15) is 18.0 Å². The van der Waals surface area contributed by atoms with Crippen LogP contribution in [0.4, 0.5) is 5.69 Å². The van der Waals surface area contributed by atoms with E-state index < -0.39 is 28.5 Å². The second-order valence-electron chi connectivity index (χ2n) is 9.05. The molecule has 0 heterocycles. The lowest BCUT2D eigenvalue weighted by Crippen LogP contribution is -2.51. The van der Waals surface area contributed by atoms with Crippen molar-refractivity contribution in [2.24, 2.45) is 0 Å². The van der Waals surface area contributed by atoms with Crippen LogP contribution in [-0.4, -0.2) is 51.9 Å². The van der Waals surface area contributed by atoms with Crippen molar-refractivity contribution in [3.8, 4) is 5.75 Å². The number of benzene rings is 3. The number of carbonyl (C=O) groups excluding carboxylic acids is 2. The number of hydrogen-bond donors (Lipinski definition) is 1. The summed E-state index contributed by atoms with van der Waals surface area (Å²) in [7, 11) is -1.21. The Morgan fingerprint density at radius 1 is 0.947 bits per heavy atom. The van der Waals surface area contributed by atoms with Gasteiger partial charge in [0.05, 0.1) is 17.7 Å². The van der Waals surface area contributed by atoms with Crippen molar-refractivity contribution in [1.82, 2.24) is 10.2 Å². The summed E-state index contributed by atoms with van der Waals surface area (Å²) in [6, 6.07) is 20.1. The zero-order valence-electron chi connectivity index (χ0n) is 22.5. The highest BCUT2D eigenvalue weighted by Crippen LogP contribution is 2.34. The molecule has 0 aliphatic heterocycles. The minimum atomic E-state index is -4.17. The highest BCUT2D eigenvalue weighted by atomic mass is 32.2. The fourth-order valence-electron chi connectivity index (χ4n) is 4.21. The topological polar surface area (TPSA) is 96.0 Å². The molecular formula is C29H35N3O5S. The maximum atomic E-state index is 14.0. The van der Waals surface area contributed by atoms with Crippen molar-refractivity contribution in [3.63, 3.8) is 0 Å². The number of sulfonamides is 1. The Hall–Kier alpha value is -3.85. The average molecular weight is 538 g/mol. The van der Waals surface area contributed by atoms with Crippen molar-refractivity contribution in [1.29, 1.82) is 0 Å². The highest BCUT2D eigenvalue weighted by Gasteiger charge is 2.34. The Morgan fingerprint density at radius 3 is 2.16 bits per heavy atom. The molecular weight excluding hydrogens is 502 g/mol. The summed E-state index contributed by atoms with van der Waals surface area (Å²) < 4.78 is 34.5. The Kier molecular flexibility index (Phi) is 9.52. The Balaban J connectivity index is 2.12. The zero-order valence-corrected chi connectivity index (χ0v) is 23.3. The molecule has 3 aromatic rings. The third-order valence-electron chi connectivity index (χ3n) is 6.32. The maximum Gasteiger partial charge on any atom is 0.264 e. The van der Waals surface area contributed by atoms with E-state index in [1.807, 2.05) is 51.1 Å². The molecule has 0 aromatic heterocycles. The second kappa shape index (κ2) is 12.6. The summed E-state index contributed by atoms with van der Waals surface area (Å²) >= 11 is 0. The summed E-state index contributed by atoms with van der Waals surface area (Å²) in [4.78, 5) is 28.2. The first-order valence-corrected chi connectivity index (χ1v) is 13.8. The average Bonchev–Trinajstić information content (AvgIpc) is 2.92. The van der Waals surface area contributed by atoms with Crippen molar-refractivity contribution in [2.75, 3.05) is 25.0 Å². The van der Waals surface area contributed by atoms with E-state index in [4.69, 9.17) is 4.74 Å². The van der Waals surface area contributed by atoms with Gasteiger partial charge in [-0.3, -0.25) is 13.9 Å². The number of hydrogen-bond acceptors (Lipinski definition) is 5.